The number of Topliss-reactive ketones (excluding diaryl/α,β-unsaturated/α-hetero) is 1. The molecular weight excluding hydrogens is 412 g/mol. The molecule has 3 rings (SSSR count). The summed E-state index contributed by atoms with van der Waals surface area (Å²) in [6.07, 6.45) is -1.18. The number of esters is 1. The minimum absolute atomic E-state index is 0.0302. The van der Waals surface area contributed by atoms with Crippen molar-refractivity contribution in [3.8, 4) is 0 Å². The predicted octanol–water partition coefficient (Wildman–Crippen LogP) is 3.54. The van der Waals surface area contributed by atoms with Crippen LogP contribution in [0.3, 0.4) is 0 Å². The third-order valence-electron chi connectivity index (χ3n) is 4.10. The van der Waals surface area contributed by atoms with Crippen LogP contribution < -0.4 is 0 Å². The fourth-order valence-electron chi connectivity index (χ4n) is 2.69. The molecule has 0 bridgehead atoms. The van der Waals surface area contributed by atoms with E-state index >= 15 is 0 Å². The van der Waals surface area contributed by atoms with Crippen LogP contribution >= 0.6 is 23.2 Å². The van der Waals surface area contributed by atoms with Crippen LogP contribution in [-0.4, -0.2) is 41.1 Å². The Bertz CT molecular complexity index is 965. The molecule has 0 radical (unpaired) electrons. The molecule has 2 aromatic rings. The zero-order chi connectivity index (χ0) is 20.6. The van der Waals surface area contributed by atoms with E-state index in [-0.39, 0.29) is 26.7 Å². The number of amides is 2. The summed E-state index contributed by atoms with van der Waals surface area (Å²) in [6.45, 7) is 0.661. The van der Waals surface area contributed by atoms with Gasteiger partial charge in [-0.25, -0.2) is 4.39 Å². The van der Waals surface area contributed by atoms with Crippen molar-refractivity contribution in [2.24, 2.45) is 0 Å². The van der Waals surface area contributed by atoms with E-state index in [0.717, 1.165) is 12.1 Å². The minimum atomic E-state index is -1.18. The van der Waals surface area contributed by atoms with Gasteiger partial charge in [-0.1, -0.05) is 23.2 Å². The van der Waals surface area contributed by atoms with Gasteiger partial charge in [-0.3, -0.25) is 24.1 Å². The topological polar surface area (TPSA) is 80.8 Å². The van der Waals surface area contributed by atoms with Gasteiger partial charge in [0.2, 0.25) is 5.78 Å². The van der Waals surface area contributed by atoms with Gasteiger partial charge in [0.25, 0.3) is 11.8 Å². The average Bonchev–Trinajstić information content (AvgIpc) is 2.86. The number of ether oxygens (including phenoxy) is 1. The van der Waals surface area contributed by atoms with Gasteiger partial charge in [-0.15, -0.1) is 0 Å². The second-order valence-corrected chi connectivity index (χ2v) is 6.83. The van der Waals surface area contributed by atoms with E-state index in [2.05, 4.69) is 0 Å². The van der Waals surface area contributed by atoms with Crippen LogP contribution in [0, 0.1) is 5.82 Å². The van der Waals surface area contributed by atoms with Gasteiger partial charge < -0.3 is 4.74 Å². The quantitative estimate of drug-likeness (QED) is 0.417. The second-order valence-electron chi connectivity index (χ2n) is 6.01. The van der Waals surface area contributed by atoms with Crippen molar-refractivity contribution in [1.29, 1.82) is 0 Å². The Kier molecular flexibility index (Phi) is 5.49. The molecule has 1 heterocycles. The molecule has 0 fully saturated rings. The summed E-state index contributed by atoms with van der Waals surface area (Å²) in [7, 11) is 0. The number of imide groups is 1. The Hall–Kier alpha value is -2.77. The molecule has 1 aliphatic heterocycles. The molecule has 1 unspecified atom stereocenters. The average molecular weight is 424 g/mol. The van der Waals surface area contributed by atoms with Crippen molar-refractivity contribution >= 4 is 46.8 Å². The number of rotatable bonds is 5. The van der Waals surface area contributed by atoms with Gasteiger partial charge in [-0.05, 0) is 43.3 Å². The SMILES string of the molecule is CC(OC(=O)CN1C(=O)c2cc(Cl)c(Cl)cc2C1=O)C(=O)c1ccc(F)cc1. The maximum atomic E-state index is 12.9. The van der Waals surface area contributed by atoms with Gasteiger partial charge in [0.15, 0.2) is 6.10 Å². The number of fused-ring (bicyclic) bond motifs is 1. The van der Waals surface area contributed by atoms with Crippen molar-refractivity contribution in [3.63, 3.8) is 0 Å². The first-order chi connectivity index (χ1) is 13.2. The van der Waals surface area contributed by atoms with E-state index in [4.69, 9.17) is 27.9 Å². The van der Waals surface area contributed by atoms with E-state index in [0.29, 0.717) is 4.90 Å². The first-order valence-electron chi connectivity index (χ1n) is 8.03. The molecule has 0 spiro atoms. The maximum Gasteiger partial charge on any atom is 0.326 e. The highest BCUT2D eigenvalue weighted by Crippen LogP contribution is 2.31. The second kappa shape index (κ2) is 7.69. The summed E-state index contributed by atoms with van der Waals surface area (Å²) in [5.41, 5.74) is 0.219. The molecule has 0 aliphatic carbocycles. The first kappa shape index (κ1) is 20.0. The summed E-state index contributed by atoms with van der Waals surface area (Å²) in [6, 6.07) is 7.25. The molecule has 6 nitrogen and oxygen atoms in total. The van der Waals surface area contributed by atoms with Crippen molar-refractivity contribution in [2.75, 3.05) is 6.54 Å². The van der Waals surface area contributed by atoms with Crippen LogP contribution in [-0.2, 0) is 9.53 Å². The maximum absolute atomic E-state index is 12.9. The van der Waals surface area contributed by atoms with Crippen LogP contribution in [0.25, 0.3) is 0 Å². The van der Waals surface area contributed by atoms with Gasteiger partial charge >= 0.3 is 5.97 Å². The van der Waals surface area contributed by atoms with Crippen LogP contribution in [0.1, 0.15) is 38.0 Å². The molecular formula is C19H12Cl2FNO5. The smallest absolute Gasteiger partial charge is 0.326 e. The van der Waals surface area contributed by atoms with Gasteiger partial charge in [0.05, 0.1) is 21.2 Å². The van der Waals surface area contributed by atoms with E-state index in [9.17, 15) is 23.6 Å². The molecule has 0 saturated heterocycles. The Balaban J connectivity index is 1.68. The fourth-order valence-corrected chi connectivity index (χ4v) is 3.02. The number of hydrogen-bond acceptors (Lipinski definition) is 5. The molecule has 0 N–H and O–H groups in total. The summed E-state index contributed by atoms with van der Waals surface area (Å²) < 4.78 is 18.0. The molecule has 0 saturated carbocycles. The Morgan fingerprint density at radius 1 is 1.04 bits per heavy atom. The molecule has 1 atom stereocenters. The Morgan fingerprint density at radius 2 is 1.54 bits per heavy atom. The number of nitrogens with zero attached hydrogens (tertiary/aromatic N) is 1. The lowest BCUT2D eigenvalue weighted by Crippen LogP contribution is -2.37. The number of hydrogen-bond donors (Lipinski definition) is 0. The fraction of sp³-hybridized carbons (Fsp3) is 0.158. The number of halogens is 3. The van der Waals surface area contributed by atoms with Crippen molar-refractivity contribution < 1.29 is 28.3 Å². The zero-order valence-corrected chi connectivity index (χ0v) is 15.9. The highest BCUT2D eigenvalue weighted by Gasteiger charge is 2.38. The lowest BCUT2D eigenvalue weighted by atomic mass is 10.1. The lowest BCUT2D eigenvalue weighted by molar-refractivity contribution is -0.146. The molecule has 0 aromatic heterocycles. The molecule has 1 aliphatic rings. The Morgan fingerprint density at radius 3 is 2.04 bits per heavy atom. The molecule has 2 amide bonds. The Labute approximate surface area is 168 Å². The van der Waals surface area contributed by atoms with Crippen molar-refractivity contribution in [2.45, 2.75) is 13.0 Å². The number of benzene rings is 2. The number of carbonyl (C=O) groups is 4. The highest BCUT2D eigenvalue weighted by atomic mass is 35.5. The van der Waals surface area contributed by atoms with Crippen molar-refractivity contribution in [1.82, 2.24) is 4.90 Å². The first-order valence-corrected chi connectivity index (χ1v) is 8.79. The molecule has 9 heteroatoms. The van der Waals surface area contributed by atoms with Crippen molar-refractivity contribution in [3.05, 3.63) is 69.0 Å². The molecule has 28 heavy (non-hydrogen) atoms. The normalized spacial score (nSPS) is 14.1. The minimum Gasteiger partial charge on any atom is -0.453 e. The predicted molar refractivity (Wildman–Crippen MR) is 98.1 cm³/mol. The highest BCUT2D eigenvalue weighted by molar-refractivity contribution is 6.43. The summed E-state index contributed by atoms with van der Waals surface area (Å²) in [5.74, 6) is -3.43. The van der Waals surface area contributed by atoms with Gasteiger partial charge in [0, 0.05) is 5.56 Å². The van der Waals surface area contributed by atoms with E-state index < -0.39 is 42.0 Å². The lowest BCUT2D eigenvalue weighted by Gasteiger charge is -2.16. The standard InChI is InChI=1S/C19H12Cl2FNO5/c1-9(17(25)10-2-4-11(22)5-3-10)28-16(24)8-23-18(26)12-6-14(20)15(21)7-13(12)19(23)27/h2-7,9H,8H2,1H3. The largest absolute Gasteiger partial charge is 0.453 e. The summed E-state index contributed by atoms with van der Waals surface area (Å²) in [5, 5.41) is 0.203. The van der Waals surface area contributed by atoms with Crippen LogP contribution in [0.5, 0.6) is 0 Å². The number of ketones is 1. The monoisotopic (exact) mass is 423 g/mol. The summed E-state index contributed by atoms with van der Waals surface area (Å²) >= 11 is 11.7. The molecule has 2 aromatic carbocycles. The summed E-state index contributed by atoms with van der Waals surface area (Å²) in [4.78, 5) is 49.8. The van der Waals surface area contributed by atoms with Gasteiger partial charge in [0.1, 0.15) is 12.4 Å². The van der Waals surface area contributed by atoms with Gasteiger partial charge in [-0.2, -0.15) is 0 Å². The van der Waals surface area contributed by atoms with Crippen LogP contribution in [0.15, 0.2) is 36.4 Å². The van der Waals surface area contributed by atoms with E-state index in [1.165, 1.54) is 31.2 Å². The van der Waals surface area contributed by atoms with E-state index in [1.807, 2.05) is 0 Å². The third-order valence-corrected chi connectivity index (χ3v) is 4.83. The van der Waals surface area contributed by atoms with Crippen LogP contribution in [0.4, 0.5) is 4.39 Å². The zero-order valence-electron chi connectivity index (χ0n) is 14.4. The molecule has 144 valence electrons. The third kappa shape index (κ3) is 3.76. The van der Waals surface area contributed by atoms with Crippen LogP contribution in [0.2, 0.25) is 10.0 Å². The van der Waals surface area contributed by atoms with E-state index in [1.54, 1.807) is 0 Å². The number of carbonyl (C=O) groups excluding carboxylic acids is 4.